The van der Waals surface area contributed by atoms with E-state index in [0.29, 0.717) is 13.1 Å². The lowest BCUT2D eigenvalue weighted by molar-refractivity contribution is 0.121. The van der Waals surface area contributed by atoms with E-state index in [4.69, 9.17) is 10.5 Å². The molecule has 0 saturated carbocycles. The van der Waals surface area contributed by atoms with Crippen molar-refractivity contribution in [2.24, 2.45) is 0 Å². The second kappa shape index (κ2) is 4.95. The molecule has 2 rings (SSSR count). The quantitative estimate of drug-likeness (QED) is 0.742. The number of nitrogens with zero attached hydrogens (tertiary/aromatic N) is 2. The summed E-state index contributed by atoms with van der Waals surface area (Å²) in [6, 6.07) is 7.79. The van der Waals surface area contributed by atoms with E-state index in [0.717, 1.165) is 24.5 Å². The molecule has 1 aliphatic rings. The fraction of sp³-hybridized carbons (Fsp3) is 0.417. The zero-order chi connectivity index (χ0) is 12.3. The molecular weight excluding hydrogens is 218 g/mol. The van der Waals surface area contributed by atoms with E-state index in [1.54, 1.807) is 4.90 Å². The van der Waals surface area contributed by atoms with Gasteiger partial charge in [0.2, 0.25) is 0 Å². The van der Waals surface area contributed by atoms with Crippen LogP contribution < -0.4 is 10.6 Å². The van der Waals surface area contributed by atoms with Crippen molar-refractivity contribution in [1.82, 2.24) is 4.90 Å². The van der Waals surface area contributed by atoms with E-state index in [1.165, 1.54) is 7.11 Å². The predicted octanol–water partition coefficient (Wildman–Crippen LogP) is 1.16. The van der Waals surface area contributed by atoms with Gasteiger partial charge in [-0.3, -0.25) is 0 Å². The second-order valence-electron chi connectivity index (χ2n) is 4.04. The van der Waals surface area contributed by atoms with Crippen LogP contribution in [-0.4, -0.2) is 44.3 Å². The zero-order valence-corrected chi connectivity index (χ0v) is 9.93. The molecule has 17 heavy (non-hydrogen) atoms. The molecule has 0 aliphatic carbocycles. The molecule has 92 valence electrons. The van der Waals surface area contributed by atoms with Crippen LogP contribution >= 0.6 is 0 Å². The lowest BCUT2D eigenvalue weighted by Crippen LogP contribution is -2.48. The number of rotatable bonds is 1. The topological polar surface area (TPSA) is 58.8 Å². The number of piperazine rings is 1. The first-order valence-electron chi connectivity index (χ1n) is 5.64. The van der Waals surface area contributed by atoms with Crippen molar-refractivity contribution in [3.63, 3.8) is 0 Å². The summed E-state index contributed by atoms with van der Waals surface area (Å²) in [5.74, 6) is 0. The van der Waals surface area contributed by atoms with Crippen LogP contribution in [-0.2, 0) is 4.74 Å². The highest BCUT2D eigenvalue weighted by Gasteiger charge is 2.21. The Morgan fingerprint density at radius 2 is 1.76 bits per heavy atom. The summed E-state index contributed by atoms with van der Waals surface area (Å²) in [7, 11) is 1.41. The Balaban J connectivity index is 1.95. The second-order valence-corrected chi connectivity index (χ2v) is 4.04. The van der Waals surface area contributed by atoms with Crippen molar-refractivity contribution in [2.75, 3.05) is 43.9 Å². The van der Waals surface area contributed by atoms with Gasteiger partial charge in [0.25, 0.3) is 0 Å². The number of ether oxygens (including phenoxy) is 1. The standard InChI is InChI=1S/C12H17N3O2/c1-17-12(16)15-8-6-14(7-9-15)11-4-2-10(13)3-5-11/h2-5H,6-9,13H2,1H3. The van der Waals surface area contributed by atoms with Gasteiger partial charge in [0.05, 0.1) is 7.11 Å². The van der Waals surface area contributed by atoms with Gasteiger partial charge in [-0.1, -0.05) is 0 Å². The number of methoxy groups -OCH3 is 1. The van der Waals surface area contributed by atoms with Crippen LogP contribution in [0, 0.1) is 0 Å². The Labute approximate surface area is 101 Å². The van der Waals surface area contributed by atoms with Gasteiger partial charge >= 0.3 is 6.09 Å². The molecule has 2 N–H and O–H groups in total. The van der Waals surface area contributed by atoms with Crippen LogP contribution in [0.15, 0.2) is 24.3 Å². The monoisotopic (exact) mass is 235 g/mol. The summed E-state index contributed by atoms with van der Waals surface area (Å²) in [6.07, 6.45) is -0.248. The molecule has 1 aliphatic heterocycles. The van der Waals surface area contributed by atoms with Gasteiger partial charge in [0, 0.05) is 37.6 Å². The summed E-state index contributed by atoms with van der Waals surface area (Å²) in [4.78, 5) is 15.3. The normalized spacial score (nSPS) is 15.8. The van der Waals surface area contributed by atoms with Gasteiger partial charge in [0.15, 0.2) is 0 Å². The van der Waals surface area contributed by atoms with E-state index in [1.807, 2.05) is 24.3 Å². The molecule has 1 heterocycles. The average Bonchev–Trinajstić information content (AvgIpc) is 2.39. The van der Waals surface area contributed by atoms with E-state index < -0.39 is 0 Å². The minimum absolute atomic E-state index is 0.248. The Morgan fingerprint density at radius 3 is 2.29 bits per heavy atom. The molecule has 0 bridgehead atoms. The Kier molecular flexibility index (Phi) is 3.37. The minimum Gasteiger partial charge on any atom is -0.453 e. The molecule has 0 aromatic heterocycles. The number of anilines is 2. The van der Waals surface area contributed by atoms with Gasteiger partial charge < -0.3 is 20.3 Å². The Bertz CT molecular complexity index is 383. The number of amides is 1. The molecule has 0 unspecified atom stereocenters. The van der Waals surface area contributed by atoms with Crippen molar-refractivity contribution in [3.05, 3.63) is 24.3 Å². The predicted molar refractivity (Wildman–Crippen MR) is 67.0 cm³/mol. The molecule has 5 nitrogen and oxygen atoms in total. The highest BCUT2D eigenvalue weighted by Crippen LogP contribution is 2.18. The highest BCUT2D eigenvalue weighted by atomic mass is 16.5. The number of nitrogen functional groups attached to an aromatic ring is 1. The molecular formula is C12H17N3O2. The summed E-state index contributed by atoms with van der Waals surface area (Å²) in [5.41, 5.74) is 7.56. The number of hydrogen-bond acceptors (Lipinski definition) is 4. The van der Waals surface area contributed by atoms with Crippen LogP contribution in [0.2, 0.25) is 0 Å². The zero-order valence-electron chi connectivity index (χ0n) is 9.93. The molecule has 1 aromatic carbocycles. The van der Waals surface area contributed by atoms with E-state index >= 15 is 0 Å². The first-order valence-corrected chi connectivity index (χ1v) is 5.64. The van der Waals surface area contributed by atoms with Crippen molar-refractivity contribution in [3.8, 4) is 0 Å². The number of benzene rings is 1. The molecule has 0 spiro atoms. The van der Waals surface area contributed by atoms with Crippen molar-refractivity contribution in [2.45, 2.75) is 0 Å². The first kappa shape index (κ1) is 11.6. The highest BCUT2D eigenvalue weighted by molar-refractivity contribution is 5.68. The van der Waals surface area contributed by atoms with Crippen LogP contribution in [0.3, 0.4) is 0 Å². The van der Waals surface area contributed by atoms with E-state index in [-0.39, 0.29) is 6.09 Å². The van der Waals surface area contributed by atoms with Gasteiger partial charge in [-0.15, -0.1) is 0 Å². The maximum atomic E-state index is 11.3. The van der Waals surface area contributed by atoms with Crippen LogP contribution in [0.1, 0.15) is 0 Å². The Morgan fingerprint density at radius 1 is 1.18 bits per heavy atom. The summed E-state index contributed by atoms with van der Waals surface area (Å²) >= 11 is 0. The van der Waals surface area contributed by atoms with Crippen LogP contribution in [0.4, 0.5) is 16.2 Å². The van der Waals surface area contributed by atoms with E-state index in [2.05, 4.69) is 4.90 Å². The van der Waals surface area contributed by atoms with Crippen molar-refractivity contribution < 1.29 is 9.53 Å². The molecule has 1 amide bonds. The third-order valence-electron chi connectivity index (χ3n) is 2.97. The third kappa shape index (κ3) is 2.61. The number of nitrogens with two attached hydrogens (primary N) is 1. The minimum atomic E-state index is -0.248. The molecule has 5 heteroatoms. The smallest absolute Gasteiger partial charge is 0.409 e. The average molecular weight is 235 g/mol. The molecule has 1 saturated heterocycles. The number of carbonyl (C=O) groups is 1. The third-order valence-corrected chi connectivity index (χ3v) is 2.97. The summed E-state index contributed by atoms with van der Waals surface area (Å²) < 4.78 is 4.70. The van der Waals surface area contributed by atoms with Crippen LogP contribution in [0.5, 0.6) is 0 Å². The van der Waals surface area contributed by atoms with Crippen molar-refractivity contribution >= 4 is 17.5 Å². The lowest BCUT2D eigenvalue weighted by Gasteiger charge is -2.35. The molecule has 0 radical (unpaired) electrons. The SMILES string of the molecule is COC(=O)N1CCN(c2ccc(N)cc2)CC1. The van der Waals surface area contributed by atoms with Gasteiger partial charge in [-0.05, 0) is 24.3 Å². The fourth-order valence-electron chi connectivity index (χ4n) is 1.96. The maximum Gasteiger partial charge on any atom is 0.409 e. The maximum absolute atomic E-state index is 11.3. The summed E-state index contributed by atoms with van der Waals surface area (Å²) in [6.45, 7) is 3.02. The fourth-order valence-corrected chi connectivity index (χ4v) is 1.96. The number of hydrogen-bond donors (Lipinski definition) is 1. The molecule has 1 fully saturated rings. The lowest BCUT2D eigenvalue weighted by atomic mass is 10.2. The first-order chi connectivity index (χ1) is 8.20. The Hall–Kier alpha value is -1.91. The molecule has 1 aromatic rings. The molecule has 0 atom stereocenters. The van der Waals surface area contributed by atoms with Crippen molar-refractivity contribution in [1.29, 1.82) is 0 Å². The van der Waals surface area contributed by atoms with E-state index in [9.17, 15) is 4.79 Å². The number of carbonyl (C=O) groups excluding carboxylic acids is 1. The largest absolute Gasteiger partial charge is 0.453 e. The van der Waals surface area contributed by atoms with Gasteiger partial charge in [0.1, 0.15) is 0 Å². The van der Waals surface area contributed by atoms with Gasteiger partial charge in [-0.25, -0.2) is 4.79 Å². The van der Waals surface area contributed by atoms with Gasteiger partial charge in [-0.2, -0.15) is 0 Å². The van der Waals surface area contributed by atoms with Crippen LogP contribution in [0.25, 0.3) is 0 Å². The summed E-state index contributed by atoms with van der Waals surface area (Å²) in [5, 5.41) is 0.